The Morgan fingerprint density at radius 3 is 2.89 bits per heavy atom. The first-order chi connectivity index (χ1) is 8.46. The summed E-state index contributed by atoms with van der Waals surface area (Å²) in [6.45, 7) is 6.70. The van der Waals surface area contributed by atoms with Crippen LogP contribution in [0.25, 0.3) is 0 Å². The third kappa shape index (κ3) is 3.25. The quantitative estimate of drug-likeness (QED) is 0.817. The van der Waals surface area contributed by atoms with Crippen molar-refractivity contribution in [1.82, 2.24) is 0 Å². The summed E-state index contributed by atoms with van der Waals surface area (Å²) in [4.78, 5) is 11.9. The second-order valence-electron chi connectivity index (χ2n) is 5.74. The van der Waals surface area contributed by atoms with E-state index in [1.54, 1.807) is 0 Å². The van der Waals surface area contributed by atoms with Crippen molar-refractivity contribution < 1.29 is 9.53 Å². The van der Waals surface area contributed by atoms with Crippen molar-refractivity contribution in [2.24, 2.45) is 0 Å². The van der Waals surface area contributed by atoms with Crippen LogP contribution in [0.2, 0.25) is 0 Å². The lowest BCUT2D eigenvalue weighted by Gasteiger charge is -2.22. The molecule has 0 fully saturated rings. The van der Waals surface area contributed by atoms with Crippen LogP contribution in [0, 0.1) is 0 Å². The molecule has 0 aromatic heterocycles. The van der Waals surface area contributed by atoms with Crippen LogP contribution in [0.15, 0.2) is 18.2 Å². The van der Waals surface area contributed by atoms with Gasteiger partial charge in [0.05, 0.1) is 6.42 Å². The van der Waals surface area contributed by atoms with Crippen LogP contribution in [0.1, 0.15) is 38.3 Å². The first-order valence-electron chi connectivity index (χ1n) is 6.52. The van der Waals surface area contributed by atoms with Crippen LogP contribution in [-0.2, 0) is 22.4 Å². The smallest absolute Gasteiger partial charge is 0.310 e. The molecule has 1 aliphatic rings. The molecule has 0 saturated carbocycles. The molecule has 1 N–H and O–H groups in total. The number of anilines is 1. The molecule has 0 atom stereocenters. The van der Waals surface area contributed by atoms with Crippen molar-refractivity contribution in [3.63, 3.8) is 0 Å². The van der Waals surface area contributed by atoms with Crippen molar-refractivity contribution in [3.8, 4) is 0 Å². The third-order valence-electron chi connectivity index (χ3n) is 2.95. The van der Waals surface area contributed by atoms with Crippen molar-refractivity contribution in [1.29, 1.82) is 0 Å². The lowest BCUT2D eigenvalue weighted by atomic mass is 9.96. The Labute approximate surface area is 109 Å². The van der Waals surface area contributed by atoms with Crippen molar-refractivity contribution in [3.05, 3.63) is 29.3 Å². The number of ether oxygens (including phenoxy) is 1. The molecule has 1 aromatic carbocycles. The molecular weight excluding hydrogens is 226 g/mol. The molecular formula is C15H21NO2. The molecule has 3 nitrogen and oxygen atoms in total. The number of fused-ring (bicyclic) bond motifs is 1. The van der Waals surface area contributed by atoms with Crippen LogP contribution in [0.3, 0.4) is 0 Å². The standard InChI is InChI=1S/C15H21NO2/c1-15(2,3)18-14(17)10-11-6-4-8-13-12(11)7-5-9-16-13/h4,6,8,16H,5,7,9-10H2,1-3H3. The molecule has 1 heterocycles. The van der Waals surface area contributed by atoms with E-state index in [2.05, 4.69) is 11.4 Å². The number of carbonyl (C=O) groups is 1. The average molecular weight is 247 g/mol. The van der Waals surface area contributed by atoms with Gasteiger partial charge in [0, 0.05) is 12.2 Å². The normalized spacial score (nSPS) is 14.6. The van der Waals surface area contributed by atoms with E-state index >= 15 is 0 Å². The van der Waals surface area contributed by atoms with Gasteiger partial charge < -0.3 is 10.1 Å². The molecule has 1 aromatic rings. The number of carbonyl (C=O) groups excluding carboxylic acids is 1. The number of rotatable bonds is 2. The predicted molar refractivity (Wildman–Crippen MR) is 72.8 cm³/mol. The minimum atomic E-state index is -0.413. The number of nitrogens with one attached hydrogen (secondary N) is 1. The van der Waals surface area contributed by atoms with Crippen molar-refractivity contribution in [2.75, 3.05) is 11.9 Å². The summed E-state index contributed by atoms with van der Waals surface area (Å²) in [6.07, 6.45) is 2.53. The first-order valence-corrected chi connectivity index (χ1v) is 6.52. The minimum Gasteiger partial charge on any atom is -0.460 e. The van der Waals surface area contributed by atoms with Crippen LogP contribution in [0.5, 0.6) is 0 Å². The van der Waals surface area contributed by atoms with Crippen molar-refractivity contribution in [2.45, 2.75) is 45.6 Å². The maximum atomic E-state index is 11.9. The Balaban J connectivity index is 2.12. The van der Waals surface area contributed by atoms with E-state index in [9.17, 15) is 4.79 Å². The fourth-order valence-electron chi connectivity index (χ4n) is 2.28. The summed E-state index contributed by atoms with van der Waals surface area (Å²) in [6, 6.07) is 6.10. The van der Waals surface area contributed by atoms with Crippen LogP contribution < -0.4 is 5.32 Å². The van der Waals surface area contributed by atoms with Gasteiger partial charge in [-0.3, -0.25) is 4.79 Å². The van der Waals surface area contributed by atoms with Gasteiger partial charge in [0.2, 0.25) is 0 Å². The molecule has 18 heavy (non-hydrogen) atoms. The van der Waals surface area contributed by atoms with E-state index in [0.717, 1.165) is 24.9 Å². The zero-order chi connectivity index (χ0) is 13.2. The lowest BCUT2D eigenvalue weighted by Crippen LogP contribution is -2.25. The van der Waals surface area contributed by atoms with Gasteiger partial charge in [0.25, 0.3) is 0 Å². The van der Waals surface area contributed by atoms with Gasteiger partial charge >= 0.3 is 5.97 Å². The van der Waals surface area contributed by atoms with Crippen LogP contribution >= 0.6 is 0 Å². The highest BCUT2D eigenvalue weighted by atomic mass is 16.6. The summed E-state index contributed by atoms with van der Waals surface area (Å²) in [5.41, 5.74) is 3.12. The number of benzene rings is 1. The van der Waals surface area contributed by atoms with Gasteiger partial charge in [0.15, 0.2) is 0 Å². The Morgan fingerprint density at radius 1 is 1.39 bits per heavy atom. The largest absolute Gasteiger partial charge is 0.460 e. The van der Waals surface area contributed by atoms with E-state index in [1.807, 2.05) is 32.9 Å². The Kier molecular flexibility index (Phi) is 3.60. The predicted octanol–water partition coefficient (Wildman–Crippen LogP) is 2.93. The minimum absolute atomic E-state index is 0.151. The van der Waals surface area contributed by atoms with Gasteiger partial charge in [-0.25, -0.2) is 0 Å². The maximum absolute atomic E-state index is 11.9. The monoisotopic (exact) mass is 247 g/mol. The molecule has 0 amide bonds. The van der Waals surface area contributed by atoms with Gasteiger partial charge in [-0.15, -0.1) is 0 Å². The summed E-state index contributed by atoms with van der Waals surface area (Å²) in [5.74, 6) is -0.151. The topological polar surface area (TPSA) is 38.3 Å². The van der Waals surface area contributed by atoms with E-state index in [1.165, 1.54) is 11.3 Å². The van der Waals surface area contributed by atoms with Gasteiger partial charge in [0.1, 0.15) is 5.60 Å². The zero-order valence-corrected chi connectivity index (χ0v) is 11.4. The molecule has 0 spiro atoms. The fraction of sp³-hybridized carbons (Fsp3) is 0.533. The molecule has 1 aliphatic heterocycles. The summed E-state index contributed by atoms with van der Waals surface area (Å²) in [5, 5.41) is 3.37. The summed E-state index contributed by atoms with van der Waals surface area (Å²) >= 11 is 0. The van der Waals surface area contributed by atoms with E-state index in [4.69, 9.17) is 4.74 Å². The number of esters is 1. The highest BCUT2D eigenvalue weighted by Gasteiger charge is 2.19. The molecule has 0 radical (unpaired) electrons. The summed E-state index contributed by atoms with van der Waals surface area (Å²) < 4.78 is 5.37. The average Bonchev–Trinajstić information content (AvgIpc) is 2.27. The molecule has 0 unspecified atom stereocenters. The van der Waals surface area contributed by atoms with Crippen LogP contribution in [0.4, 0.5) is 5.69 Å². The highest BCUT2D eigenvalue weighted by molar-refractivity contribution is 5.74. The van der Waals surface area contributed by atoms with E-state index in [0.29, 0.717) is 6.42 Å². The molecule has 98 valence electrons. The second-order valence-corrected chi connectivity index (χ2v) is 5.74. The number of hydrogen-bond acceptors (Lipinski definition) is 3. The second kappa shape index (κ2) is 5.01. The number of hydrogen-bond donors (Lipinski definition) is 1. The van der Waals surface area contributed by atoms with E-state index in [-0.39, 0.29) is 5.97 Å². The fourth-order valence-corrected chi connectivity index (χ4v) is 2.28. The van der Waals surface area contributed by atoms with E-state index < -0.39 is 5.60 Å². The van der Waals surface area contributed by atoms with Crippen LogP contribution in [-0.4, -0.2) is 18.1 Å². The Bertz CT molecular complexity index is 446. The van der Waals surface area contributed by atoms with Gasteiger partial charge in [-0.05, 0) is 50.8 Å². The zero-order valence-electron chi connectivity index (χ0n) is 11.4. The Hall–Kier alpha value is -1.51. The van der Waals surface area contributed by atoms with Crippen molar-refractivity contribution >= 4 is 11.7 Å². The third-order valence-corrected chi connectivity index (χ3v) is 2.95. The molecule has 0 bridgehead atoms. The highest BCUT2D eigenvalue weighted by Crippen LogP contribution is 2.26. The summed E-state index contributed by atoms with van der Waals surface area (Å²) in [7, 11) is 0. The first kappa shape index (κ1) is 12.9. The SMILES string of the molecule is CC(C)(C)OC(=O)Cc1cccc2c1CCCN2. The molecule has 2 rings (SSSR count). The van der Waals surface area contributed by atoms with Gasteiger partial charge in [-0.2, -0.15) is 0 Å². The molecule has 0 aliphatic carbocycles. The maximum Gasteiger partial charge on any atom is 0.310 e. The lowest BCUT2D eigenvalue weighted by molar-refractivity contribution is -0.153. The Morgan fingerprint density at radius 2 is 2.17 bits per heavy atom. The molecule has 0 saturated heterocycles. The molecule has 3 heteroatoms. The van der Waals surface area contributed by atoms with Gasteiger partial charge in [-0.1, -0.05) is 12.1 Å².